The highest BCUT2D eigenvalue weighted by atomic mass is 35.5. The van der Waals surface area contributed by atoms with Gasteiger partial charge >= 0.3 is 5.97 Å². The van der Waals surface area contributed by atoms with Gasteiger partial charge in [-0.25, -0.2) is 4.79 Å². The van der Waals surface area contributed by atoms with Crippen LogP contribution >= 0.6 is 11.6 Å². The number of hydrogen-bond acceptors (Lipinski definition) is 3. The van der Waals surface area contributed by atoms with E-state index in [1.54, 1.807) is 18.2 Å². The first-order chi connectivity index (χ1) is 8.95. The smallest absolute Gasteiger partial charge is 0.337 e. The molecule has 0 aromatic heterocycles. The minimum Gasteiger partial charge on any atom is -0.478 e. The predicted molar refractivity (Wildman–Crippen MR) is 75.1 cm³/mol. The maximum absolute atomic E-state index is 11.0. The molecule has 2 atom stereocenters. The number of carbonyl (C=O) groups is 1. The Labute approximate surface area is 117 Å². The largest absolute Gasteiger partial charge is 0.478 e. The summed E-state index contributed by atoms with van der Waals surface area (Å²) < 4.78 is 5.68. The molecule has 0 spiro atoms. The Balaban J connectivity index is 2.10. The highest BCUT2D eigenvalue weighted by molar-refractivity contribution is 6.33. The molecule has 5 heteroatoms. The maximum atomic E-state index is 11.0. The van der Waals surface area contributed by atoms with Crippen LogP contribution in [0.1, 0.15) is 37.0 Å². The molecule has 1 aliphatic heterocycles. The van der Waals surface area contributed by atoms with E-state index in [0.717, 1.165) is 18.5 Å². The van der Waals surface area contributed by atoms with Gasteiger partial charge in [0, 0.05) is 11.7 Å². The SMILES string of the molecule is CC1CC(Nc2ccc(Cl)c(C(=O)O)c2)CC(C)O1. The number of hydrogen-bond donors (Lipinski definition) is 2. The molecule has 1 aromatic rings. The third kappa shape index (κ3) is 3.61. The Kier molecular flexibility index (Phi) is 4.32. The van der Waals surface area contributed by atoms with Crippen molar-refractivity contribution >= 4 is 23.3 Å². The summed E-state index contributed by atoms with van der Waals surface area (Å²) in [7, 11) is 0. The van der Waals surface area contributed by atoms with Crippen molar-refractivity contribution in [1.82, 2.24) is 0 Å². The van der Waals surface area contributed by atoms with Crippen LogP contribution in [0.4, 0.5) is 5.69 Å². The average Bonchev–Trinajstić information content (AvgIpc) is 2.30. The lowest BCUT2D eigenvalue weighted by molar-refractivity contribution is -0.0337. The first-order valence-electron chi connectivity index (χ1n) is 6.40. The molecule has 104 valence electrons. The molecule has 1 saturated heterocycles. The second-order valence-corrected chi connectivity index (χ2v) is 5.48. The lowest BCUT2D eigenvalue weighted by Crippen LogP contribution is -2.36. The van der Waals surface area contributed by atoms with Crippen molar-refractivity contribution < 1.29 is 14.6 Å². The van der Waals surface area contributed by atoms with E-state index in [-0.39, 0.29) is 22.8 Å². The van der Waals surface area contributed by atoms with Gasteiger partial charge in [0.05, 0.1) is 22.8 Å². The van der Waals surface area contributed by atoms with Crippen molar-refractivity contribution in [2.24, 2.45) is 0 Å². The first-order valence-corrected chi connectivity index (χ1v) is 6.78. The molecule has 1 aromatic carbocycles. The van der Waals surface area contributed by atoms with Crippen LogP contribution in [-0.2, 0) is 4.74 Å². The molecule has 2 rings (SSSR count). The van der Waals surface area contributed by atoms with Crippen molar-refractivity contribution in [1.29, 1.82) is 0 Å². The van der Waals surface area contributed by atoms with E-state index < -0.39 is 5.97 Å². The molecular weight excluding hydrogens is 266 g/mol. The number of carboxylic acid groups (broad SMARTS) is 1. The highest BCUT2D eigenvalue weighted by Gasteiger charge is 2.24. The summed E-state index contributed by atoms with van der Waals surface area (Å²) in [5.74, 6) is -1.01. The maximum Gasteiger partial charge on any atom is 0.337 e. The monoisotopic (exact) mass is 283 g/mol. The van der Waals surface area contributed by atoms with Crippen LogP contribution in [-0.4, -0.2) is 29.3 Å². The predicted octanol–water partition coefficient (Wildman–Crippen LogP) is 3.41. The number of nitrogens with one attached hydrogen (secondary N) is 1. The zero-order valence-electron chi connectivity index (χ0n) is 11.0. The van der Waals surface area contributed by atoms with Gasteiger partial charge in [0.1, 0.15) is 0 Å². The van der Waals surface area contributed by atoms with E-state index in [1.807, 2.05) is 0 Å². The Hall–Kier alpha value is -1.26. The second kappa shape index (κ2) is 5.80. The lowest BCUT2D eigenvalue weighted by atomic mass is 9.99. The minimum atomic E-state index is -1.01. The Morgan fingerprint density at radius 2 is 2.00 bits per heavy atom. The number of aromatic carboxylic acids is 1. The molecule has 1 fully saturated rings. The van der Waals surface area contributed by atoms with E-state index in [1.165, 1.54) is 0 Å². The molecule has 1 aliphatic rings. The molecule has 19 heavy (non-hydrogen) atoms. The number of ether oxygens (including phenoxy) is 1. The van der Waals surface area contributed by atoms with Crippen LogP contribution in [0, 0.1) is 0 Å². The fraction of sp³-hybridized carbons (Fsp3) is 0.500. The van der Waals surface area contributed by atoms with Gasteiger partial charge in [0.15, 0.2) is 0 Å². The summed E-state index contributed by atoms with van der Waals surface area (Å²) in [5.41, 5.74) is 0.910. The molecule has 1 heterocycles. The third-order valence-corrected chi connectivity index (χ3v) is 3.59. The molecule has 2 unspecified atom stereocenters. The summed E-state index contributed by atoms with van der Waals surface area (Å²) >= 11 is 5.85. The van der Waals surface area contributed by atoms with Crippen LogP contribution in [0.25, 0.3) is 0 Å². The zero-order chi connectivity index (χ0) is 14.0. The summed E-state index contributed by atoms with van der Waals surface area (Å²) in [6.07, 6.45) is 2.25. The molecule has 0 bridgehead atoms. The lowest BCUT2D eigenvalue weighted by Gasteiger charge is -2.33. The Morgan fingerprint density at radius 1 is 1.37 bits per heavy atom. The van der Waals surface area contributed by atoms with Crippen molar-refractivity contribution in [2.45, 2.75) is 44.9 Å². The van der Waals surface area contributed by atoms with Crippen LogP contribution < -0.4 is 5.32 Å². The van der Waals surface area contributed by atoms with Gasteiger partial charge in [0.25, 0.3) is 0 Å². The standard InChI is InChI=1S/C14H18ClNO3/c1-8-5-11(6-9(2)19-8)16-10-3-4-13(15)12(7-10)14(17)18/h3-4,7-9,11,16H,5-6H2,1-2H3,(H,17,18). The Bertz CT molecular complexity index is 468. The number of rotatable bonds is 3. The quantitative estimate of drug-likeness (QED) is 0.892. The minimum absolute atomic E-state index is 0.125. The topological polar surface area (TPSA) is 58.6 Å². The van der Waals surface area contributed by atoms with E-state index in [0.29, 0.717) is 6.04 Å². The van der Waals surface area contributed by atoms with E-state index in [2.05, 4.69) is 19.2 Å². The fourth-order valence-corrected chi connectivity index (χ4v) is 2.74. The molecular formula is C14H18ClNO3. The zero-order valence-corrected chi connectivity index (χ0v) is 11.8. The van der Waals surface area contributed by atoms with Crippen LogP contribution in [0.2, 0.25) is 5.02 Å². The van der Waals surface area contributed by atoms with Crippen molar-refractivity contribution in [2.75, 3.05) is 5.32 Å². The van der Waals surface area contributed by atoms with Gasteiger partial charge in [-0.05, 0) is 44.9 Å². The molecule has 4 nitrogen and oxygen atoms in total. The highest BCUT2D eigenvalue weighted by Crippen LogP contribution is 2.25. The van der Waals surface area contributed by atoms with Gasteiger partial charge in [-0.2, -0.15) is 0 Å². The van der Waals surface area contributed by atoms with Crippen LogP contribution in [0.3, 0.4) is 0 Å². The van der Waals surface area contributed by atoms with Gasteiger partial charge in [-0.3, -0.25) is 0 Å². The average molecular weight is 284 g/mol. The fourth-order valence-electron chi connectivity index (χ4n) is 2.54. The number of anilines is 1. The van der Waals surface area contributed by atoms with Crippen molar-refractivity contribution in [3.05, 3.63) is 28.8 Å². The summed E-state index contributed by atoms with van der Waals surface area (Å²) in [5, 5.41) is 12.7. The molecule has 0 saturated carbocycles. The van der Waals surface area contributed by atoms with Crippen LogP contribution in [0.5, 0.6) is 0 Å². The normalized spacial score (nSPS) is 27.0. The Morgan fingerprint density at radius 3 is 2.58 bits per heavy atom. The van der Waals surface area contributed by atoms with E-state index in [4.69, 9.17) is 21.4 Å². The third-order valence-electron chi connectivity index (χ3n) is 3.27. The first kappa shape index (κ1) is 14.2. The van der Waals surface area contributed by atoms with Gasteiger partial charge < -0.3 is 15.2 Å². The summed E-state index contributed by atoms with van der Waals surface area (Å²) in [6, 6.07) is 5.29. The van der Waals surface area contributed by atoms with E-state index in [9.17, 15) is 4.79 Å². The van der Waals surface area contributed by atoms with Gasteiger partial charge in [-0.1, -0.05) is 11.6 Å². The van der Waals surface area contributed by atoms with Crippen molar-refractivity contribution in [3.63, 3.8) is 0 Å². The van der Waals surface area contributed by atoms with Crippen LogP contribution in [0.15, 0.2) is 18.2 Å². The molecule has 0 amide bonds. The number of benzene rings is 1. The van der Waals surface area contributed by atoms with E-state index >= 15 is 0 Å². The number of carboxylic acids is 1. The number of halogens is 1. The van der Waals surface area contributed by atoms with Gasteiger partial charge in [-0.15, -0.1) is 0 Å². The second-order valence-electron chi connectivity index (χ2n) is 5.07. The molecule has 2 N–H and O–H groups in total. The molecule has 0 aliphatic carbocycles. The van der Waals surface area contributed by atoms with Crippen molar-refractivity contribution in [3.8, 4) is 0 Å². The van der Waals surface area contributed by atoms with Gasteiger partial charge in [0.2, 0.25) is 0 Å². The summed E-state index contributed by atoms with van der Waals surface area (Å²) in [6.45, 7) is 4.10. The molecule has 0 radical (unpaired) electrons. The summed E-state index contributed by atoms with van der Waals surface area (Å²) in [4.78, 5) is 11.0.